The molecule has 1 aliphatic rings. The van der Waals surface area contributed by atoms with Crippen LogP contribution in [-0.4, -0.2) is 57.1 Å². The Morgan fingerprint density at radius 3 is 2.55 bits per heavy atom. The molecule has 13 heteroatoms. The average Bonchev–Trinajstić information content (AvgIpc) is 3.66. The van der Waals surface area contributed by atoms with Crippen LogP contribution >= 0.6 is 11.3 Å². The summed E-state index contributed by atoms with van der Waals surface area (Å²) in [5, 5.41) is 7.99. The molecule has 0 bridgehead atoms. The number of amides is 4. The minimum Gasteiger partial charge on any atom is -0.343 e. The van der Waals surface area contributed by atoms with Gasteiger partial charge in [-0.05, 0) is 72.5 Å². The molecule has 0 radical (unpaired) electrons. The molecule has 53 heavy (non-hydrogen) atoms. The van der Waals surface area contributed by atoms with Crippen molar-refractivity contribution in [2.45, 2.75) is 33.1 Å². The van der Waals surface area contributed by atoms with Gasteiger partial charge >= 0.3 is 11.7 Å². The number of carbonyl (C=O) groups is 3. The van der Waals surface area contributed by atoms with Gasteiger partial charge in [0.05, 0.1) is 40.8 Å². The maximum absolute atomic E-state index is 13.0. The van der Waals surface area contributed by atoms with Crippen LogP contribution in [0.4, 0.5) is 21.9 Å². The smallest absolute Gasteiger partial charge is 0.328 e. The molecule has 7 rings (SSSR count). The number of imidazole rings is 1. The summed E-state index contributed by atoms with van der Waals surface area (Å²) in [6.45, 7) is 6.54. The summed E-state index contributed by atoms with van der Waals surface area (Å²) in [5.41, 5.74) is 8.71. The summed E-state index contributed by atoms with van der Waals surface area (Å²) in [6, 6.07) is 15.3. The van der Waals surface area contributed by atoms with Crippen LogP contribution in [0.25, 0.3) is 32.4 Å². The predicted molar refractivity (Wildman–Crippen MR) is 209 cm³/mol. The molecule has 0 spiro atoms. The fourth-order valence-electron chi connectivity index (χ4n) is 6.61. The van der Waals surface area contributed by atoms with E-state index in [1.165, 1.54) is 11.3 Å². The van der Waals surface area contributed by atoms with E-state index in [9.17, 15) is 19.2 Å². The summed E-state index contributed by atoms with van der Waals surface area (Å²) in [5.74, 6) is 5.71. The maximum atomic E-state index is 13.0. The molecule has 2 N–H and O–H groups in total. The second-order valence-electron chi connectivity index (χ2n) is 13.4. The Morgan fingerprint density at radius 2 is 1.83 bits per heavy atom. The van der Waals surface area contributed by atoms with Crippen molar-refractivity contribution in [2.75, 3.05) is 29.9 Å². The molecule has 6 aromatic rings. The highest BCUT2D eigenvalue weighted by Crippen LogP contribution is 2.35. The van der Waals surface area contributed by atoms with Crippen LogP contribution in [0.5, 0.6) is 0 Å². The summed E-state index contributed by atoms with van der Waals surface area (Å²) in [7, 11) is 5.59. The standard InChI is InChI=1S/C40H38N8O4S/c1-23(2)29-18-28(19-32-37(29)47(6)40(52)46(32)5)45(4)27-10-11-31(42-21-27)26-16-24(3)36(43-20-26)38(50)41-14-7-8-25-9-12-34-30(17-25)33(22-53-34)48-15-13-35(49)44-39(48)51/h9-12,16-23H,13-15H2,1-6H3,(H,41,50)(H,44,49,51). The molecular formula is C40H38N8O4S. The number of aryl methyl sites for hydroxylation is 3. The Balaban J connectivity index is 1.01. The molecule has 4 amide bonds. The van der Waals surface area contributed by atoms with Gasteiger partial charge in [0.25, 0.3) is 5.91 Å². The van der Waals surface area contributed by atoms with Gasteiger partial charge < -0.3 is 10.2 Å². The van der Waals surface area contributed by atoms with Crippen molar-refractivity contribution < 1.29 is 14.4 Å². The van der Waals surface area contributed by atoms with E-state index in [0.29, 0.717) is 17.8 Å². The summed E-state index contributed by atoms with van der Waals surface area (Å²) >= 11 is 1.52. The van der Waals surface area contributed by atoms with Gasteiger partial charge in [-0.3, -0.25) is 38.9 Å². The SMILES string of the molecule is Cc1cc(-c2ccc(N(C)c3cc(C(C)C)c4c(c3)n(C)c(=O)n4C)cn2)cnc1C(=O)NCC#Cc1ccc2scc(N3CCC(=O)NC3=O)c2c1. The van der Waals surface area contributed by atoms with Crippen LogP contribution < -0.4 is 26.1 Å². The first kappa shape index (κ1) is 35.2. The number of hydrogen-bond donors (Lipinski definition) is 2. The predicted octanol–water partition coefficient (Wildman–Crippen LogP) is 5.98. The lowest BCUT2D eigenvalue weighted by Crippen LogP contribution is -2.49. The molecule has 1 aliphatic heterocycles. The van der Waals surface area contributed by atoms with Crippen molar-refractivity contribution in [2.24, 2.45) is 14.1 Å². The number of fused-ring (bicyclic) bond motifs is 2. The number of thiophene rings is 1. The summed E-state index contributed by atoms with van der Waals surface area (Å²) in [6.07, 6.45) is 3.70. The van der Waals surface area contributed by atoms with Gasteiger partial charge in [0, 0.05) is 72.6 Å². The van der Waals surface area contributed by atoms with Crippen LogP contribution in [-0.2, 0) is 18.9 Å². The summed E-state index contributed by atoms with van der Waals surface area (Å²) < 4.78 is 4.39. The molecule has 0 unspecified atom stereocenters. The highest BCUT2D eigenvalue weighted by Gasteiger charge is 2.26. The first-order valence-electron chi connectivity index (χ1n) is 17.2. The molecule has 2 aromatic carbocycles. The Bertz CT molecular complexity index is 2570. The van der Waals surface area contributed by atoms with Gasteiger partial charge in [-0.1, -0.05) is 25.7 Å². The molecular weight excluding hydrogens is 689 g/mol. The monoisotopic (exact) mass is 726 g/mol. The number of carbonyl (C=O) groups excluding carboxylic acids is 3. The largest absolute Gasteiger partial charge is 0.343 e. The molecule has 5 heterocycles. The van der Waals surface area contributed by atoms with E-state index in [1.807, 2.05) is 68.9 Å². The third-order valence-corrected chi connectivity index (χ3v) is 10.5. The first-order valence-corrected chi connectivity index (χ1v) is 18.0. The maximum Gasteiger partial charge on any atom is 0.328 e. The van der Waals surface area contributed by atoms with E-state index in [1.54, 1.807) is 33.5 Å². The van der Waals surface area contributed by atoms with Gasteiger partial charge in [0.15, 0.2) is 0 Å². The van der Waals surface area contributed by atoms with Crippen molar-refractivity contribution in [1.82, 2.24) is 29.7 Å². The molecule has 0 saturated carbocycles. The van der Waals surface area contributed by atoms with Crippen LogP contribution in [0.15, 0.2) is 71.1 Å². The van der Waals surface area contributed by atoms with E-state index in [0.717, 1.165) is 60.6 Å². The second-order valence-corrected chi connectivity index (χ2v) is 14.3. The molecule has 268 valence electrons. The topological polar surface area (TPSA) is 134 Å². The average molecular weight is 727 g/mol. The van der Waals surface area contributed by atoms with Crippen LogP contribution in [0.2, 0.25) is 0 Å². The highest BCUT2D eigenvalue weighted by atomic mass is 32.1. The Morgan fingerprint density at radius 1 is 1.02 bits per heavy atom. The van der Waals surface area contributed by atoms with Gasteiger partial charge in [-0.2, -0.15) is 0 Å². The van der Waals surface area contributed by atoms with Gasteiger partial charge in [0.1, 0.15) is 5.69 Å². The van der Waals surface area contributed by atoms with Gasteiger partial charge in [0.2, 0.25) is 5.91 Å². The third-order valence-electron chi connectivity index (χ3n) is 9.58. The van der Waals surface area contributed by atoms with Gasteiger partial charge in [-0.15, -0.1) is 11.3 Å². The van der Waals surface area contributed by atoms with Crippen molar-refractivity contribution in [1.29, 1.82) is 0 Å². The van der Waals surface area contributed by atoms with Crippen molar-refractivity contribution in [3.05, 3.63) is 99.2 Å². The molecule has 4 aromatic heterocycles. The zero-order chi connectivity index (χ0) is 37.6. The third kappa shape index (κ3) is 6.65. The van der Waals surface area contributed by atoms with E-state index in [-0.39, 0.29) is 36.4 Å². The number of aromatic nitrogens is 4. The fourth-order valence-corrected chi connectivity index (χ4v) is 7.54. The van der Waals surface area contributed by atoms with Crippen LogP contribution in [0.1, 0.15) is 53.4 Å². The lowest BCUT2D eigenvalue weighted by molar-refractivity contribution is -0.120. The summed E-state index contributed by atoms with van der Waals surface area (Å²) in [4.78, 5) is 62.6. The van der Waals surface area contributed by atoms with Gasteiger partial charge in [-0.25, -0.2) is 9.59 Å². The number of imide groups is 1. The number of urea groups is 1. The Hall–Kier alpha value is -6.26. The number of benzene rings is 2. The lowest BCUT2D eigenvalue weighted by atomic mass is 10.00. The zero-order valence-corrected chi connectivity index (χ0v) is 31.1. The van der Waals surface area contributed by atoms with Crippen LogP contribution in [0, 0.1) is 18.8 Å². The van der Waals surface area contributed by atoms with Crippen molar-refractivity contribution in [3.63, 3.8) is 0 Å². The fraction of sp³-hybridized carbons (Fsp3) is 0.250. The number of pyridine rings is 2. The minimum absolute atomic E-state index is 0.0555. The van der Waals surface area contributed by atoms with E-state index < -0.39 is 6.03 Å². The lowest BCUT2D eigenvalue weighted by Gasteiger charge is -2.26. The second kappa shape index (κ2) is 14.0. The molecule has 0 atom stereocenters. The minimum atomic E-state index is -0.427. The van der Waals surface area contributed by atoms with Crippen molar-refractivity contribution >= 4 is 67.4 Å². The molecule has 12 nitrogen and oxygen atoms in total. The Kier molecular flexibility index (Phi) is 9.32. The quantitative estimate of drug-likeness (QED) is 0.194. The number of rotatable bonds is 7. The molecule has 1 saturated heterocycles. The first-order chi connectivity index (χ1) is 25.4. The number of nitrogens with zero attached hydrogens (tertiary/aromatic N) is 6. The van der Waals surface area contributed by atoms with E-state index in [4.69, 9.17) is 4.98 Å². The van der Waals surface area contributed by atoms with Crippen LogP contribution in [0.3, 0.4) is 0 Å². The van der Waals surface area contributed by atoms with E-state index >= 15 is 0 Å². The molecule has 1 fully saturated rings. The number of anilines is 3. The normalized spacial score (nSPS) is 13.0. The number of hydrogen-bond acceptors (Lipinski definition) is 8. The molecule has 0 aliphatic carbocycles. The highest BCUT2D eigenvalue weighted by molar-refractivity contribution is 7.17. The Labute approximate surface area is 310 Å². The van der Waals surface area contributed by atoms with E-state index in [2.05, 4.69) is 52.3 Å². The zero-order valence-electron chi connectivity index (χ0n) is 30.3. The van der Waals surface area contributed by atoms with Crippen molar-refractivity contribution in [3.8, 4) is 23.1 Å². The number of nitrogens with one attached hydrogen (secondary N) is 2.